The smallest absolute Gasteiger partial charge is 0.243 e. The number of halogens is 1. The number of nitrogens with one attached hydrogen (secondary N) is 1. The molecule has 1 aliphatic heterocycles. The maximum absolute atomic E-state index is 14.0. The molecule has 1 unspecified atom stereocenters. The Labute approximate surface area is 124 Å². The van der Waals surface area contributed by atoms with Crippen molar-refractivity contribution >= 4 is 10.0 Å². The Morgan fingerprint density at radius 1 is 1.52 bits per heavy atom. The molecule has 2 rings (SSSR count). The topological polar surface area (TPSA) is 75.4 Å². The Morgan fingerprint density at radius 2 is 2.29 bits per heavy atom. The molecule has 1 heterocycles. The second-order valence-electron chi connectivity index (χ2n) is 5.02. The summed E-state index contributed by atoms with van der Waals surface area (Å²) >= 11 is 0. The first-order valence-electron chi connectivity index (χ1n) is 6.62. The second-order valence-corrected chi connectivity index (χ2v) is 6.70. The number of benzene rings is 1. The van der Waals surface area contributed by atoms with Gasteiger partial charge in [0.15, 0.2) is 0 Å². The maximum atomic E-state index is 14.0. The van der Waals surface area contributed by atoms with E-state index in [0.717, 1.165) is 19.0 Å². The van der Waals surface area contributed by atoms with Crippen LogP contribution in [0.25, 0.3) is 0 Å². The second kappa shape index (κ2) is 6.54. The normalized spacial score (nSPS) is 19.3. The average Bonchev–Trinajstić information content (AvgIpc) is 2.80. The Hall–Kier alpha value is -1.46. The van der Waals surface area contributed by atoms with Crippen LogP contribution in [-0.2, 0) is 10.0 Å². The molecule has 0 aromatic heterocycles. The van der Waals surface area contributed by atoms with Crippen LogP contribution in [0.1, 0.15) is 12.0 Å². The highest BCUT2D eigenvalue weighted by Gasteiger charge is 2.27. The van der Waals surface area contributed by atoms with E-state index in [0.29, 0.717) is 12.1 Å². The van der Waals surface area contributed by atoms with E-state index in [4.69, 9.17) is 5.73 Å². The molecule has 21 heavy (non-hydrogen) atoms. The lowest BCUT2D eigenvalue weighted by molar-refractivity contribution is 0.407. The van der Waals surface area contributed by atoms with Crippen LogP contribution in [0.2, 0.25) is 0 Å². The zero-order chi connectivity index (χ0) is 15.5. The summed E-state index contributed by atoms with van der Waals surface area (Å²) in [6.07, 6.45) is 0.720. The molecule has 5 nitrogen and oxygen atoms in total. The molecule has 1 fully saturated rings. The third kappa shape index (κ3) is 4.02. The molecule has 0 spiro atoms. The quantitative estimate of drug-likeness (QED) is 0.778. The van der Waals surface area contributed by atoms with Crippen molar-refractivity contribution in [2.24, 2.45) is 5.73 Å². The van der Waals surface area contributed by atoms with Gasteiger partial charge in [0, 0.05) is 18.2 Å². The van der Waals surface area contributed by atoms with Gasteiger partial charge in [0.05, 0.1) is 6.54 Å². The highest BCUT2D eigenvalue weighted by molar-refractivity contribution is 7.89. The summed E-state index contributed by atoms with van der Waals surface area (Å²) in [6.45, 7) is 1.61. The molecule has 0 radical (unpaired) electrons. The zero-order valence-corrected chi connectivity index (χ0v) is 12.6. The minimum Gasteiger partial charge on any atom is -0.320 e. The van der Waals surface area contributed by atoms with Gasteiger partial charge in [-0.15, -0.1) is 0 Å². The fourth-order valence-corrected chi connectivity index (χ4v) is 3.58. The Morgan fingerprint density at radius 3 is 2.86 bits per heavy atom. The molecular weight excluding hydrogens is 293 g/mol. The van der Waals surface area contributed by atoms with E-state index in [1.54, 1.807) is 0 Å². The van der Waals surface area contributed by atoms with Crippen molar-refractivity contribution in [1.29, 1.82) is 0 Å². The third-order valence-corrected chi connectivity index (χ3v) is 4.82. The van der Waals surface area contributed by atoms with Crippen LogP contribution < -0.4 is 10.5 Å². The molecule has 3 N–H and O–H groups in total. The summed E-state index contributed by atoms with van der Waals surface area (Å²) in [5.74, 6) is 4.45. The van der Waals surface area contributed by atoms with Crippen molar-refractivity contribution in [2.45, 2.75) is 17.4 Å². The van der Waals surface area contributed by atoms with E-state index in [1.165, 1.54) is 12.1 Å². The van der Waals surface area contributed by atoms with Gasteiger partial charge in [0.25, 0.3) is 0 Å². The van der Waals surface area contributed by atoms with Gasteiger partial charge in [-0.25, -0.2) is 17.5 Å². The van der Waals surface area contributed by atoms with Gasteiger partial charge in [-0.3, -0.25) is 0 Å². The highest BCUT2D eigenvalue weighted by Crippen LogP contribution is 2.17. The zero-order valence-electron chi connectivity index (χ0n) is 11.8. The molecule has 1 saturated heterocycles. The maximum Gasteiger partial charge on any atom is 0.243 e. The minimum absolute atomic E-state index is 0.165. The number of hydrogen-bond donors (Lipinski definition) is 2. The Kier molecular flexibility index (Phi) is 4.96. The number of sulfonamides is 1. The highest BCUT2D eigenvalue weighted by atomic mass is 32.2. The number of nitrogens with zero attached hydrogens (tertiary/aromatic N) is 1. The van der Waals surface area contributed by atoms with Crippen LogP contribution in [0, 0.1) is 17.7 Å². The van der Waals surface area contributed by atoms with Gasteiger partial charge in [-0.1, -0.05) is 11.8 Å². The minimum atomic E-state index is -3.86. The van der Waals surface area contributed by atoms with E-state index < -0.39 is 15.8 Å². The van der Waals surface area contributed by atoms with Crippen molar-refractivity contribution in [3.05, 3.63) is 29.6 Å². The van der Waals surface area contributed by atoms with Crippen LogP contribution in [0.15, 0.2) is 23.1 Å². The average molecular weight is 311 g/mol. The van der Waals surface area contributed by atoms with Crippen molar-refractivity contribution < 1.29 is 12.8 Å². The number of likely N-dealkylation sites (N-methyl/N-ethyl adjacent to an activating group) is 1. The summed E-state index contributed by atoms with van der Waals surface area (Å²) in [4.78, 5) is 1.67. The summed E-state index contributed by atoms with van der Waals surface area (Å²) < 4.78 is 41.0. The first-order chi connectivity index (χ1) is 9.92. The Bertz CT molecular complexity index is 679. The van der Waals surface area contributed by atoms with Crippen molar-refractivity contribution in [2.75, 3.05) is 26.7 Å². The van der Waals surface area contributed by atoms with E-state index in [9.17, 15) is 12.8 Å². The van der Waals surface area contributed by atoms with Crippen LogP contribution >= 0.6 is 0 Å². The molecule has 114 valence electrons. The first kappa shape index (κ1) is 15.9. The summed E-state index contributed by atoms with van der Waals surface area (Å²) in [5.41, 5.74) is 5.64. The Balaban J connectivity index is 2.20. The summed E-state index contributed by atoms with van der Waals surface area (Å²) in [5, 5.41) is 0. The molecule has 1 aliphatic rings. The lowest BCUT2D eigenvalue weighted by Gasteiger charge is -2.13. The SMILES string of the molecule is CN1CCC(NS(=O)(=O)c2ccc(C#CCN)cc2F)C1. The van der Waals surface area contributed by atoms with Gasteiger partial charge < -0.3 is 10.6 Å². The third-order valence-electron chi connectivity index (χ3n) is 3.27. The fourth-order valence-electron chi connectivity index (χ4n) is 2.26. The standard InChI is InChI=1S/C14H18FN3O2S/c1-18-8-6-12(10-18)17-21(19,20)14-5-4-11(3-2-7-16)9-13(14)15/h4-5,9,12,17H,6-8,10,16H2,1H3. The number of likely N-dealkylation sites (tertiary alicyclic amines) is 1. The monoisotopic (exact) mass is 311 g/mol. The predicted octanol–water partition coefficient (Wildman–Crippen LogP) is 0.118. The largest absolute Gasteiger partial charge is 0.320 e. The van der Waals surface area contributed by atoms with Gasteiger partial charge >= 0.3 is 0 Å². The van der Waals surface area contributed by atoms with E-state index in [-0.39, 0.29) is 17.5 Å². The molecule has 1 aromatic carbocycles. The molecule has 1 atom stereocenters. The molecule has 0 aliphatic carbocycles. The van der Waals surface area contributed by atoms with Crippen molar-refractivity contribution in [3.8, 4) is 11.8 Å². The van der Waals surface area contributed by atoms with Crippen LogP contribution in [0.4, 0.5) is 4.39 Å². The predicted molar refractivity (Wildman–Crippen MR) is 78.6 cm³/mol. The van der Waals surface area contributed by atoms with Crippen molar-refractivity contribution in [1.82, 2.24) is 9.62 Å². The van der Waals surface area contributed by atoms with E-state index in [1.807, 2.05) is 11.9 Å². The lowest BCUT2D eigenvalue weighted by atomic mass is 10.2. The van der Waals surface area contributed by atoms with Crippen molar-refractivity contribution in [3.63, 3.8) is 0 Å². The lowest BCUT2D eigenvalue weighted by Crippen LogP contribution is -2.36. The number of rotatable bonds is 3. The first-order valence-corrected chi connectivity index (χ1v) is 8.10. The van der Waals surface area contributed by atoms with Crippen LogP contribution in [0.5, 0.6) is 0 Å². The van der Waals surface area contributed by atoms with Gasteiger partial charge in [0.1, 0.15) is 10.7 Å². The molecule has 0 amide bonds. The molecule has 7 heteroatoms. The number of hydrogen-bond acceptors (Lipinski definition) is 4. The fraction of sp³-hybridized carbons (Fsp3) is 0.429. The molecule has 0 saturated carbocycles. The van der Waals surface area contributed by atoms with Gasteiger partial charge in [-0.2, -0.15) is 0 Å². The van der Waals surface area contributed by atoms with Gasteiger partial charge in [0.2, 0.25) is 10.0 Å². The summed E-state index contributed by atoms with van der Waals surface area (Å²) in [6, 6.07) is 3.63. The number of nitrogens with two attached hydrogens (primary N) is 1. The van der Waals surface area contributed by atoms with Crippen LogP contribution in [0.3, 0.4) is 0 Å². The van der Waals surface area contributed by atoms with E-state index >= 15 is 0 Å². The summed E-state index contributed by atoms with van der Waals surface area (Å²) in [7, 11) is -1.94. The molecular formula is C14H18FN3O2S. The molecule has 0 bridgehead atoms. The molecule has 1 aromatic rings. The van der Waals surface area contributed by atoms with Gasteiger partial charge in [-0.05, 0) is 38.2 Å². The van der Waals surface area contributed by atoms with E-state index in [2.05, 4.69) is 16.6 Å². The van der Waals surface area contributed by atoms with Crippen LogP contribution in [-0.4, -0.2) is 46.0 Å².